The molecule has 32 heavy (non-hydrogen) atoms. The molecule has 0 saturated carbocycles. The van der Waals surface area contributed by atoms with Crippen LogP contribution in [0.15, 0.2) is 9.70 Å². The number of pyridine rings is 1. The fraction of sp³-hybridized carbons (Fsp3) is 0.476. The van der Waals surface area contributed by atoms with Gasteiger partial charge in [-0.25, -0.2) is 0 Å². The maximum Gasteiger partial charge on any atom is 0.323 e. The maximum atomic E-state index is 13.1. The number of nitrogens with zero attached hydrogens (tertiary/aromatic N) is 4. The van der Waals surface area contributed by atoms with Gasteiger partial charge in [0.25, 0.3) is 11.5 Å². The van der Waals surface area contributed by atoms with Gasteiger partial charge in [-0.2, -0.15) is 5.26 Å². The van der Waals surface area contributed by atoms with Gasteiger partial charge in [-0.3, -0.25) is 23.9 Å². The van der Waals surface area contributed by atoms with Crippen LogP contribution < -0.4 is 10.5 Å². The number of aromatic nitrogens is 1. The minimum absolute atomic E-state index is 0.0113. The normalized spacial score (nSPS) is 22.5. The van der Waals surface area contributed by atoms with Crippen molar-refractivity contribution >= 4 is 52.1 Å². The van der Waals surface area contributed by atoms with Crippen molar-refractivity contribution in [1.82, 2.24) is 9.47 Å². The Kier molecular flexibility index (Phi) is 7.07. The molecule has 9 nitrogen and oxygen atoms in total. The van der Waals surface area contributed by atoms with Crippen LogP contribution in [0.25, 0.3) is 6.08 Å². The molecule has 0 spiro atoms. The van der Waals surface area contributed by atoms with E-state index in [2.05, 4.69) is 0 Å². The Morgan fingerprint density at radius 2 is 1.97 bits per heavy atom. The molecule has 170 valence electrons. The Balaban J connectivity index is 2.23. The molecular formula is C21H24N4O5S2. The summed E-state index contributed by atoms with van der Waals surface area (Å²) in [4.78, 5) is 40.3. The summed E-state index contributed by atoms with van der Waals surface area (Å²) in [5.41, 5.74) is 0.662. The van der Waals surface area contributed by atoms with E-state index in [-0.39, 0.29) is 32.6 Å². The zero-order valence-corrected chi connectivity index (χ0v) is 19.9. The van der Waals surface area contributed by atoms with Gasteiger partial charge in [0, 0.05) is 25.2 Å². The van der Waals surface area contributed by atoms with Crippen LogP contribution in [0.3, 0.4) is 0 Å². The fourth-order valence-corrected chi connectivity index (χ4v) is 5.27. The molecule has 2 aliphatic rings. The van der Waals surface area contributed by atoms with Crippen molar-refractivity contribution in [3.63, 3.8) is 0 Å². The van der Waals surface area contributed by atoms with Gasteiger partial charge in [0.05, 0.1) is 17.1 Å². The number of rotatable bonds is 5. The van der Waals surface area contributed by atoms with Crippen LogP contribution >= 0.6 is 24.0 Å². The molecule has 2 aliphatic heterocycles. The number of carbonyl (C=O) groups is 2. The Morgan fingerprint density at radius 3 is 2.50 bits per heavy atom. The molecule has 2 unspecified atom stereocenters. The fourth-order valence-electron chi connectivity index (χ4n) is 4.03. The lowest BCUT2D eigenvalue weighted by molar-refractivity contribution is -0.140. The van der Waals surface area contributed by atoms with Crippen molar-refractivity contribution in [2.75, 3.05) is 24.5 Å². The average molecular weight is 477 g/mol. The number of morpholine rings is 1. The van der Waals surface area contributed by atoms with Gasteiger partial charge in [0.15, 0.2) is 0 Å². The molecule has 2 atom stereocenters. The third-order valence-corrected chi connectivity index (χ3v) is 6.70. The minimum atomic E-state index is -1.16. The number of hydrogen-bond acceptors (Lipinski definition) is 8. The Morgan fingerprint density at radius 1 is 1.34 bits per heavy atom. The van der Waals surface area contributed by atoms with Crippen molar-refractivity contribution in [2.45, 2.75) is 46.4 Å². The van der Waals surface area contributed by atoms with Crippen molar-refractivity contribution in [2.24, 2.45) is 0 Å². The number of carbonyl (C=O) groups excluding carboxylic acids is 1. The molecule has 2 saturated heterocycles. The van der Waals surface area contributed by atoms with Gasteiger partial charge in [0.1, 0.15) is 28.3 Å². The van der Waals surface area contributed by atoms with Gasteiger partial charge in [-0.05, 0) is 39.3 Å². The summed E-state index contributed by atoms with van der Waals surface area (Å²) < 4.78 is 7.53. The van der Waals surface area contributed by atoms with E-state index < -0.39 is 18.4 Å². The number of anilines is 1. The molecule has 2 fully saturated rings. The zero-order valence-electron chi connectivity index (χ0n) is 18.2. The van der Waals surface area contributed by atoms with Gasteiger partial charge in [0.2, 0.25) is 0 Å². The molecule has 1 N–H and O–H groups in total. The second-order valence-electron chi connectivity index (χ2n) is 7.72. The summed E-state index contributed by atoms with van der Waals surface area (Å²) in [6.07, 6.45) is 1.47. The summed E-state index contributed by atoms with van der Waals surface area (Å²) in [5, 5.41) is 18.7. The smallest absolute Gasteiger partial charge is 0.323 e. The first kappa shape index (κ1) is 24.0. The number of carboxylic acid groups (broad SMARTS) is 1. The number of ether oxygens (including phenoxy) is 1. The van der Waals surface area contributed by atoms with Crippen LogP contribution in [-0.4, -0.2) is 62.6 Å². The van der Waals surface area contributed by atoms with Gasteiger partial charge in [-0.1, -0.05) is 24.0 Å². The van der Waals surface area contributed by atoms with E-state index in [0.717, 1.165) is 16.7 Å². The largest absolute Gasteiger partial charge is 0.480 e. The van der Waals surface area contributed by atoms with E-state index in [9.17, 15) is 19.6 Å². The molecule has 1 amide bonds. The van der Waals surface area contributed by atoms with E-state index in [1.165, 1.54) is 0 Å². The monoisotopic (exact) mass is 476 g/mol. The summed E-state index contributed by atoms with van der Waals surface area (Å²) in [7, 11) is 0. The topological polar surface area (TPSA) is 116 Å². The first-order valence-electron chi connectivity index (χ1n) is 10.1. The summed E-state index contributed by atoms with van der Waals surface area (Å²) in [6, 6.07) is 1.99. The molecular weight excluding hydrogens is 452 g/mol. The van der Waals surface area contributed by atoms with Crippen molar-refractivity contribution in [3.8, 4) is 6.07 Å². The highest BCUT2D eigenvalue weighted by Gasteiger charge is 2.35. The molecule has 1 aromatic heterocycles. The van der Waals surface area contributed by atoms with Crippen LogP contribution in [-0.2, 0) is 20.9 Å². The maximum absolute atomic E-state index is 13.1. The van der Waals surface area contributed by atoms with Crippen molar-refractivity contribution in [1.29, 1.82) is 5.26 Å². The number of thiocarbonyl (C=S) groups is 1. The highest BCUT2D eigenvalue weighted by molar-refractivity contribution is 8.26. The number of amides is 1. The van der Waals surface area contributed by atoms with Crippen LogP contribution in [0, 0.1) is 18.3 Å². The molecule has 0 aromatic carbocycles. The lowest BCUT2D eigenvalue weighted by Gasteiger charge is -2.39. The summed E-state index contributed by atoms with van der Waals surface area (Å²) >= 11 is 6.21. The zero-order chi connectivity index (χ0) is 23.7. The Labute approximate surface area is 195 Å². The molecule has 0 bridgehead atoms. The van der Waals surface area contributed by atoms with Gasteiger partial charge >= 0.3 is 5.97 Å². The predicted octanol–water partition coefficient (Wildman–Crippen LogP) is 1.95. The molecule has 11 heteroatoms. The molecule has 1 aromatic rings. The second-order valence-corrected chi connectivity index (χ2v) is 9.40. The van der Waals surface area contributed by atoms with E-state index in [1.54, 1.807) is 17.6 Å². The number of carboxylic acids is 1. The number of nitriles is 1. The SMILES string of the molecule is CCn1c(N2CC(C)OC(C)C2)c(/C=C2/SC(=S)N(CC(=O)O)C2=O)c(C)c(C#N)c1=O. The highest BCUT2D eigenvalue weighted by atomic mass is 32.2. The van der Waals surface area contributed by atoms with Crippen molar-refractivity contribution in [3.05, 3.63) is 31.9 Å². The second kappa shape index (κ2) is 9.44. The van der Waals surface area contributed by atoms with Crippen LogP contribution in [0.1, 0.15) is 37.5 Å². The number of aliphatic carboxylic acids is 1. The third kappa shape index (κ3) is 4.44. The van der Waals surface area contributed by atoms with E-state index in [4.69, 9.17) is 22.1 Å². The average Bonchev–Trinajstić information content (AvgIpc) is 2.96. The minimum Gasteiger partial charge on any atom is -0.480 e. The number of thioether (sulfide) groups is 1. The number of hydrogen-bond donors (Lipinski definition) is 1. The van der Waals surface area contributed by atoms with Crippen LogP contribution in [0.5, 0.6) is 0 Å². The van der Waals surface area contributed by atoms with Gasteiger partial charge < -0.3 is 14.7 Å². The first-order chi connectivity index (χ1) is 15.1. The standard InChI is InChI=1S/C21H24N4O5S2/c1-5-24-18(23-8-11(2)30-12(3)9-23)14(13(4)15(7-22)19(24)28)6-16-20(29)25(10-17(26)27)21(31)32-16/h6,11-12H,5,8-10H2,1-4H3,(H,26,27)/b16-6+. The summed E-state index contributed by atoms with van der Waals surface area (Å²) in [6.45, 7) is 8.29. The first-order valence-corrected chi connectivity index (χ1v) is 11.4. The summed E-state index contributed by atoms with van der Waals surface area (Å²) in [5.74, 6) is -1.06. The lowest BCUT2D eigenvalue weighted by atomic mass is 10.0. The van der Waals surface area contributed by atoms with Crippen molar-refractivity contribution < 1.29 is 19.4 Å². The Hall–Kier alpha value is -2.68. The molecule has 0 aliphatic carbocycles. The quantitative estimate of drug-likeness (QED) is 0.503. The molecule has 3 heterocycles. The highest BCUT2D eigenvalue weighted by Crippen LogP contribution is 2.36. The molecule has 0 radical (unpaired) electrons. The van der Waals surface area contributed by atoms with Gasteiger partial charge in [-0.15, -0.1) is 0 Å². The molecule has 3 rings (SSSR count). The van der Waals surface area contributed by atoms with E-state index in [1.807, 2.05) is 31.7 Å². The predicted molar refractivity (Wildman–Crippen MR) is 126 cm³/mol. The van der Waals surface area contributed by atoms with Crippen LogP contribution in [0.2, 0.25) is 0 Å². The van der Waals surface area contributed by atoms with E-state index >= 15 is 0 Å². The lowest BCUT2D eigenvalue weighted by Crippen LogP contribution is -2.48. The van der Waals surface area contributed by atoms with E-state index in [0.29, 0.717) is 36.6 Å². The third-order valence-electron chi connectivity index (χ3n) is 5.32. The van der Waals surface area contributed by atoms with Crippen LogP contribution in [0.4, 0.5) is 5.82 Å². The Bertz CT molecular complexity index is 1110.